The molecule has 0 fully saturated rings. The normalized spacial score (nSPS) is 12.2. The summed E-state index contributed by atoms with van der Waals surface area (Å²) in [5.74, 6) is -0.231. The van der Waals surface area contributed by atoms with E-state index in [0.717, 1.165) is 0 Å². The van der Waals surface area contributed by atoms with Gasteiger partial charge in [0.15, 0.2) is 5.96 Å². The van der Waals surface area contributed by atoms with Gasteiger partial charge in [-0.25, -0.2) is 4.39 Å². The van der Waals surface area contributed by atoms with E-state index in [1.165, 1.54) is 12.1 Å². The maximum absolute atomic E-state index is 12.4. The molecule has 0 amide bonds. The fourth-order valence-electron chi connectivity index (χ4n) is 0.920. The highest BCUT2D eigenvalue weighted by atomic mass is 19.1. The number of aliphatic hydroxyl groups is 1. The minimum Gasteiger partial charge on any atom is -0.370 e. The third-order valence-corrected chi connectivity index (χ3v) is 1.44. The van der Waals surface area contributed by atoms with Crippen LogP contribution in [-0.2, 0) is 0 Å². The number of guanidine groups is 1. The number of rotatable bonds is 2. The molecule has 70 valence electrons. The van der Waals surface area contributed by atoms with Crippen LogP contribution in [0.1, 0.15) is 11.9 Å². The smallest absolute Gasteiger partial charge is 0.222 e. The summed E-state index contributed by atoms with van der Waals surface area (Å²) in [6.45, 7) is 0. The number of hydrogen-bond donors (Lipinski definition) is 4. The van der Waals surface area contributed by atoms with E-state index in [4.69, 9.17) is 16.2 Å². The zero-order chi connectivity index (χ0) is 9.84. The van der Waals surface area contributed by atoms with Gasteiger partial charge in [-0.3, -0.25) is 5.41 Å². The molecule has 0 aromatic heterocycles. The Balaban J connectivity index is 2.85. The van der Waals surface area contributed by atoms with Crippen molar-refractivity contribution in [3.63, 3.8) is 0 Å². The van der Waals surface area contributed by atoms with Crippen LogP contribution in [0.25, 0.3) is 0 Å². The van der Waals surface area contributed by atoms with Crippen molar-refractivity contribution in [1.82, 2.24) is 0 Å². The van der Waals surface area contributed by atoms with Crippen molar-refractivity contribution in [3.05, 3.63) is 29.8 Å². The van der Waals surface area contributed by atoms with Gasteiger partial charge in [-0.15, -0.1) is 0 Å². The topological polar surface area (TPSA) is 82.1 Å². The number of nitrogens with two attached hydrogens (primary N) is 1. The minimum atomic E-state index is -2.01. The largest absolute Gasteiger partial charge is 0.370 e. The summed E-state index contributed by atoms with van der Waals surface area (Å²) in [7, 11) is 0. The number of anilines is 1. The second-order valence-electron chi connectivity index (χ2n) is 2.50. The molecule has 0 aliphatic carbocycles. The number of aliphatic hydroxyl groups excluding tert-OH is 1. The van der Waals surface area contributed by atoms with Crippen LogP contribution < -0.4 is 11.1 Å². The molecule has 0 radical (unpaired) electrons. The van der Waals surface area contributed by atoms with Crippen molar-refractivity contribution < 1.29 is 9.50 Å². The van der Waals surface area contributed by atoms with Gasteiger partial charge in [-0.1, -0.05) is 12.1 Å². The van der Waals surface area contributed by atoms with Gasteiger partial charge in [0.05, 0.1) is 0 Å². The first-order chi connectivity index (χ1) is 6.09. The van der Waals surface area contributed by atoms with Crippen LogP contribution in [0.5, 0.6) is 0 Å². The van der Waals surface area contributed by atoms with Gasteiger partial charge in [0.2, 0.25) is 6.36 Å². The van der Waals surface area contributed by atoms with Crippen LogP contribution in [-0.4, -0.2) is 11.1 Å². The van der Waals surface area contributed by atoms with Crippen molar-refractivity contribution in [3.8, 4) is 0 Å². The Kier molecular flexibility index (Phi) is 2.81. The number of halogens is 1. The molecule has 0 saturated heterocycles. The summed E-state index contributed by atoms with van der Waals surface area (Å²) in [4.78, 5) is 0. The highest BCUT2D eigenvalue weighted by molar-refractivity contribution is 5.89. The monoisotopic (exact) mass is 183 g/mol. The van der Waals surface area contributed by atoms with Crippen molar-refractivity contribution in [2.24, 2.45) is 5.73 Å². The van der Waals surface area contributed by atoms with Gasteiger partial charge in [0, 0.05) is 11.3 Å². The Labute approximate surface area is 74.7 Å². The molecule has 13 heavy (non-hydrogen) atoms. The molecule has 0 aliphatic heterocycles. The molecule has 5 heteroatoms. The molecule has 1 unspecified atom stereocenters. The van der Waals surface area contributed by atoms with Gasteiger partial charge in [-0.05, 0) is 12.1 Å². The minimum absolute atomic E-state index is 0.131. The maximum atomic E-state index is 12.4. The number of alkyl halides is 1. The summed E-state index contributed by atoms with van der Waals surface area (Å²) in [6, 6.07) is 6.00. The number of benzene rings is 1. The molecule has 0 spiro atoms. The number of hydrogen-bond acceptors (Lipinski definition) is 2. The van der Waals surface area contributed by atoms with Gasteiger partial charge >= 0.3 is 0 Å². The summed E-state index contributed by atoms with van der Waals surface area (Å²) in [5, 5.41) is 18.0. The Morgan fingerprint density at radius 1 is 1.62 bits per heavy atom. The van der Waals surface area contributed by atoms with E-state index < -0.39 is 6.36 Å². The van der Waals surface area contributed by atoms with E-state index >= 15 is 0 Å². The van der Waals surface area contributed by atoms with E-state index in [9.17, 15) is 4.39 Å². The Bertz CT molecular complexity index is 314. The lowest BCUT2D eigenvalue weighted by molar-refractivity contribution is 0.0412. The molecule has 1 atom stereocenters. The van der Waals surface area contributed by atoms with Crippen LogP contribution in [0.4, 0.5) is 10.1 Å². The van der Waals surface area contributed by atoms with Crippen molar-refractivity contribution in [2.45, 2.75) is 6.36 Å². The SMILES string of the molecule is N=C(N)Nc1cccc(C(O)F)c1. The lowest BCUT2D eigenvalue weighted by atomic mass is 10.2. The third-order valence-electron chi connectivity index (χ3n) is 1.44. The highest BCUT2D eigenvalue weighted by Crippen LogP contribution is 2.17. The number of nitrogens with one attached hydrogen (secondary N) is 2. The fraction of sp³-hybridized carbons (Fsp3) is 0.125. The zero-order valence-electron chi connectivity index (χ0n) is 6.79. The Hall–Kier alpha value is -1.62. The third kappa shape index (κ3) is 2.72. The molecule has 0 heterocycles. The van der Waals surface area contributed by atoms with Crippen LogP contribution in [0.2, 0.25) is 0 Å². The quantitative estimate of drug-likeness (QED) is 0.407. The average Bonchev–Trinajstić information content (AvgIpc) is 2.03. The molecule has 1 aromatic rings. The molecule has 0 bridgehead atoms. The maximum Gasteiger partial charge on any atom is 0.222 e. The van der Waals surface area contributed by atoms with Crippen LogP contribution >= 0.6 is 0 Å². The second kappa shape index (κ2) is 3.86. The van der Waals surface area contributed by atoms with Gasteiger partial charge in [0.25, 0.3) is 0 Å². The summed E-state index contributed by atoms with van der Waals surface area (Å²) < 4.78 is 12.4. The van der Waals surface area contributed by atoms with Gasteiger partial charge in [0.1, 0.15) is 0 Å². The predicted molar refractivity (Wildman–Crippen MR) is 48.0 cm³/mol. The Morgan fingerprint density at radius 3 is 2.85 bits per heavy atom. The summed E-state index contributed by atoms with van der Waals surface area (Å²) in [6.07, 6.45) is -2.01. The van der Waals surface area contributed by atoms with Crippen LogP contribution in [0.15, 0.2) is 24.3 Å². The van der Waals surface area contributed by atoms with Crippen LogP contribution in [0.3, 0.4) is 0 Å². The van der Waals surface area contributed by atoms with E-state index in [2.05, 4.69) is 5.32 Å². The predicted octanol–water partition coefficient (Wildman–Crippen LogP) is 0.952. The first-order valence-corrected chi connectivity index (χ1v) is 3.63. The Morgan fingerprint density at radius 2 is 2.31 bits per heavy atom. The summed E-state index contributed by atoms with van der Waals surface area (Å²) in [5.41, 5.74) is 5.67. The molecule has 1 aromatic carbocycles. The molecule has 1 rings (SSSR count). The van der Waals surface area contributed by atoms with Gasteiger partial charge < -0.3 is 16.2 Å². The average molecular weight is 183 g/mol. The van der Waals surface area contributed by atoms with E-state index in [1.54, 1.807) is 12.1 Å². The van der Waals surface area contributed by atoms with Crippen molar-refractivity contribution in [1.29, 1.82) is 5.41 Å². The second-order valence-corrected chi connectivity index (χ2v) is 2.50. The van der Waals surface area contributed by atoms with E-state index in [1.807, 2.05) is 0 Å². The fourth-order valence-corrected chi connectivity index (χ4v) is 0.920. The van der Waals surface area contributed by atoms with E-state index in [0.29, 0.717) is 5.69 Å². The lowest BCUT2D eigenvalue weighted by Gasteiger charge is -2.06. The zero-order valence-corrected chi connectivity index (χ0v) is 6.79. The first-order valence-electron chi connectivity index (χ1n) is 3.63. The molecule has 0 aliphatic rings. The first kappa shape index (κ1) is 9.47. The summed E-state index contributed by atoms with van der Waals surface area (Å²) >= 11 is 0. The van der Waals surface area contributed by atoms with Gasteiger partial charge in [-0.2, -0.15) is 0 Å². The standard InChI is InChI=1S/C8H10FN3O/c9-7(13)5-2-1-3-6(4-5)12-8(10)11/h1-4,7,13H,(H4,10,11,12). The molecule has 5 N–H and O–H groups in total. The highest BCUT2D eigenvalue weighted by Gasteiger charge is 2.04. The lowest BCUT2D eigenvalue weighted by Crippen LogP contribution is -2.20. The van der Waals surface area contributed by atoms with Crippen molar-refractivity contribution >= 4 is 11.6 Å². The van der Waals surface area contributed by atoms with E-state index in [-0.39, 0.29) is 11.5 Å². The molecular formula is C8H10FN3O. The van der Waals surface area contributed by atoms with Crippen molar-refractivity contribution in [2.75, 3.05) is 5.32 Å². The molecule has 4 nitrogen and oxygen atoms in total. The molecular weight excluding hydrogens is 173 g/mol. The van der Waals surface area contributed by atoms with Crippen LogP contribution in [0, 0.1) is 5.41 Å². The molecule has 0 saturated carbocycles.